The van der Waals surface area contributed by atoms with Crippen molar-refractivity contribution in [2.45, 2.75) is 26.0 Å². The van der Waals surface area contributed by atoms with Gasteiger partial charge in [0, 0.05) is 17.4 Å². The number of hydrogen-bond donors (Lipinski definition) is 0. The van der Waals surface area contributed by atoms with Crippen LogP contribution >= 0.6 is 11.8 Å². The average Bonchev–Trinajstić information content (AvgIpc) is 2.71. The smallest absolute Gasteiger partial charge is 0.282 e. The first-order valence-electron chi connectivity index (χ1n) is 5.93. The van der Waals surface area contributed by atoms with Crippen molar-refractivity contribution in [1.82, 2.24) is 0 Å². The molecule has 1 aliphatic heterocycles. The lowest BCUT2D eigenvalue weighted by molar-refractivity contribution is -0.385. The molecular weight excluding hydrogens is 264 g/mol. The standard InChI is InChI=1S/C13H16N2O3S/c1-13(2,8-19-3)14-12-11-9(7-18-12)5-4-6-10(11)15(16)17/h4-6H,7-8H2,1-3H3. The van der Waals surface area contributed by atoms with Crippen molar-refractivity contribution < 1.29 is 9.66 Å². The summed E-state index contributed by atoms with van der Waals surface area (Å²) in [5.74, 6) is 1.22. The second kappa shape index (κ2) is 5.21. The van der Waals surface area contributed by atoms with Gasteiger partial charge in [-0.05, 0) is 20.1 Å². The van der Waals surface area contributed by atoms with Crippen LogP contribution in [0.2, 0.25) is 0 Å². The van der Waals surface area contributed by atoms with Crippen LogP contribution in [-0.4, -0.2) is 28.4 Å². The highest BCUT2D eigenvalue weighted by Gasteiger charge is 2.30. The number of benzene rings is 1. The lowest BCUT2D eigenvalue weighted by Crippen LogP contribution is -2.23. The fraction of sp³-hybridized carbons (Fsp3) is 0.462. The van der Waals surface area contributed by atoms with Crippen LogP contribution in [0, 0.1) is 10.1 Å². The molecule has 1 aromatic carbocycles. The van der Waals surface area contributed by atoms with Gasteiger partial charge in [-0.1, -0.05) is 12.1 Å². The fourth-order valence-electron chi connectivity index (χ4n) is 2.07. The van der Waals surface area contributed by atoms with E-state index < -0.39 is 0 Å². The van der Waals surface area contributed by atoms with Crippen molar-refractivity contribution in [2.75, 3.05) is 12.0 Å². The van der Waals surface area contributed by atoms with Gasteiger partial charge in [-0.25, -0.2) is 4.99 Å². The van der Waals surface area contributed by atoms with Crippen LogP contribution in [-0.2, 0) is 11.3 Å². The Balaban J connectivity index is 2.46. The Kier molecular flexibility index (Phi) is 3.80. The van der Waals surface area contributed by atoms with E-state index in [1.54, 1.807) is 17.8 Å². The highest BCUT2D eigenvalue weighted by molar-refractivity contribution is 7.98. The van der Waals surface area contributed by atoms with Crippen molar-refractivity contribution in [2.24, 2.45) is 4.99 Å². The minimum atomic E-state index is -0.384. The van der Waals surface area contributed by atoms with E-state index in [4.69, 9.17) is 4.74 Å². The Morgan fingerprint density at radius 1 is 1.53 bits per heavy atom. The SMILES string of the molecule is CSCC(C)(C)N=C1OCc2cccc([N+](=O)[O-])c21. The Labute approximate surface area is 116 Å². The van der Waals surface area contributed by atoms with Gasteiger partial charge in [0.2, 0.25) is 5.90 Å². The molecule has 102 valence electrons. The number of fused-ring (bicyclic) bond motifs is 1. The summed E-state index contributed by atoms with van der Waals surface area (Å²) >= 11 is 1.69. The number of ether oxygens (including phenoxy) is 1. The van der Waals surface area contributed by atoms with E-state index in [1.807, 2.05) is 26.2 Å². The number of nitro benzene ring substituents is 1. The monoisotopic (exact) mass is 280 g/mol. The zero-order chi connectivity index (χ0) is 14.0. The van der Waals surface area contributed by atoms with Gasteiger partial charge < -0.3 is 4.74 Å². The molecular formula is C13H16N2O3S. The van der Waals surface area contributed by atoms with Gasteiger partial charge in [-0.15, -0.1) is 0 Å². The molecule has 5 nitrogen and oxygen atoms in total. The summed E-state index contributed by atoms with van der Waals surface area (Å²) < 4.78 is 5.53. The van der Waals surface area contributed by atoms with Crippen LogP contribution < -0.4 is 0 Å². The van der Waals surface area contributed by atoms with Gasteiger partial charge in [-0.2, -0.15) is 11.8 Å². The topological polar surface area (TPSA) is 64.7 Å². The molecule has 0 spiro atoms. The summed E-state index contributed by atoms with van der Waals surface area (Å²) in [4.78, 5) is 15.3. The van der Waals surface area contributed by atoms with Gasteiger partial charge >= 0.3 is 0 Å². The molecule has 0 aliphatic carbocycles. The molecule has 0 amide bonds. The molecule has 0 unspecified atom stereocenters. The van der Waals surface area contributed by atoms with E-state index in [0.29, 0.717) is 18.1 Å². The molecule has 1 aliphatic rings. The first kappa shape index (κ1) is 13.9. The number of aliphatic imine (C=N–C) groups is 1. The molecule has 19 heavy (non-hydrogen) atoms. The summed E-state index contributed by atoms with van der Waals surface area (Å²) in [5.41, 5.74) is 1.11. The number of rotatable bonds is 4. The van der Waals surface area contributed by atoms with Gasteiger partial charge in [-0.3, -0.25) is 10.1 Å². The summed E-state index contributed by atoms with van der Waals surface area (Å²) in [6.07, 6.45) is 2.01. The molecule has 0 aromatic heterocycles. The second-order valence-electron chi connectivity index (χ2n) is 5.02. The molecule has 0 bridgehead atoms. The molecule has 2 rings (SSSR count). The lowest BCUT2D eigenvalue weighted by atomic mass is 10.1. The van der Waals surface area contributed by atoms with Crippen LogP contribution in [0.15, 0.2) is 23.2 Å². The van der Waals surface area contributed by atoms with Gasteiger partial charge in [0.1, 0.15) is 12.2 Å². The Morgan fingerprint density at radius 2 is 2.26 bits per heavy atom. The molecule has 0 N–H and O–H groups in total. The van der Waals surface area contributed by atoms with Crippen LogP contribution in [0.5, 0.6) is 0 Å². The highest BCUT2D eigenvalue weighted by Crippen LogP contribution is 2.31. The summed E-state index contributed by atoms with van der Waals surface area (Å²) in [5, 5.41) is 11.1. The first-order valence-corrected chi connectivity index (χ1v) is 7.32. The Bertz CT molecular complexity index is 541. The van der Waals surface area contributed by atoms with Crippen molar-refractivity contribution >= 4 is 23.3 Å². The number of nitro groups is 1. The van der Waals surface area contributed by atoms with Crippen molar-refractivity contribution in [3.63, 3.8) is 0 Å². The van der Waals surface area contributed by atoms with E-state index >= 15 is 0 Å². The van der Waals surface area contributed by atoms with E-state index in [0.717, 1.165) is 11.3 Å². The zero-order valence-electron chi connectivity index (χ0n) is 11.2. The van der Waals surface area contributed by atoms with E-state index in [1.165, 1.54) is 6.07 Å². The molecule has 1 heterocycles. The highest BCUT2D eigenvalue weighted by atomic mass is 32.2. The van der Waals surface area contributed by atoms with Gasteiger partial charge in [0.05, 0.1) is 10.5 Å². The maximum absolute atomic E-state index is 11.1. The van der Waals surface area contributed by atoms with Crippen molar-refractivity contribution in [3.05, 3.63) is 39.4 Å². The quantitative estimate of drug-likeness (QED) is 0.628. The Hall–Kier alpha value is -1.56. The number of thioether (sulfide) groups is 1. The predicted octanol–water partition coefficient (Wildman–Crippen LogP) is 3.01. The van der Waals surface area contributed by atoms with Crippen molar-refractivity contribution in [3.8, 4) is 0 Å². The van der Waals surface area contributed by atoms with E-state index in [2.05, 4.69) is 4.99 Å². The Morgan fingerprint density at radius 3 is 2.89 bits per heavy atom. The third-order valence-electron chi connectivity index (χ3n) is 2.81. The largest absolute Gasteiger partial charge is 0.472 e. The third-order valence-corrected chi connectivity index (χ3v) is 3.80. The summed E-state index contributed by atoms with van der Waals surface area (Å²) in [6.45, 7) is 4.34. The van der Waals surface area contributed by atoms with Gasteiger partial charge in [0.15, 0.2) is 0 Å². The van der Waals surface area contributed by atoms with E-state index in [9.17, 15) is 10.1 Å². The first-order chi connectivity index (χ1) is 8.94. The third kappa shape index (κ3) is 2.89. The lowest BCUT2D eigenvalue weighted by Gasteiger charge is -2.18. The fourth-order valence-corrected chi connectivity index (χ4v) is 2.84. The van der Waals surface area contributed by atoms with Crippen LogP contribution in [0.1, 0.15) is 25.0 Å². The van der Waals surface area contributed by atoms with Crippen LogP contribution in [0.4, 0.5) is 5.69 Å². The molecule has 0 atom stereocenters. The van der Waals surface area contributed by atoms with Crippen molar-refractivity contribution in [1.29, 1.82) is 0 Å². The van der Waals surface area contributed by atoms with Gasteiger partial charge in [0.25, 0.3) is 5.69 Å². The maximum atomic E-state index is 11.1. The van der Waals surface area contributed by atoms with Crippen LogP contribution in [0.3, 0.4) is 0 Å². The average molecular weight is 280 g/mol. The van der Waals surface area contributed by atoms with E-state index in [-0.39, 0.29) is 16.1 Å². The summed E-state index contributed by atoms with van der Waals surface area (Å²) in [7, 11) is 0. The molecule has 0 fully saturated rings. The second-order valence-corrected chi connectivity index (χ2v) is 5.89. The maximum Gasteiger partial charge on any atom is 0.282 e. The molecule has 1 aromatic rings. The number of hydrogen-bond acceptors (Lipinski definition) is 5. The zero-order valence-corrected chi connectivity index (χ0v) is 12.0. The molecule has 0 radical (unpaired) electrons. The minimum absolute atomic E-state index is 0.0636. The molecule has 6 heteroatoms. The summed E-state index contributed by atoms with van der Waals surface area (Å²) in [6, 6.07) is 5.01. The van der Waals surface area contributed by atoms with Crippen LogP contribution in [0.25, 0.3) is 0 Å². The predicted molar refractivity (Wildman–Crippen MR) is 76.9 cm³/mol. The molecule has 0 saturated carbocycles. The normalized spacial score (nSPS) is 16.3. The minimum Gasteiger partial charge on any atom is -0.472 e. The molecule has 0 saturated heterocycles. The number of nitrogens with zero attached hydrogens (tertiary/aromatic N) is 2.